The number of carbonyl (C=O) groups excluding carboxylic acids is 1. The molecule has 0 radical (unpaired) electrons. The van der Waals surface area contributed by atoms with Gasteiger partial charge in [0.25, 0.3) is 0 Å². The average Bonchev–Trinajstić information content (AvgIpc) is 3.20. The monoisotopic (exact) mass is 392 g/mol. The lowest BCUT2D eigenvalue weighted by molar-refractivity contribution is -0.121. The number of nitrogens with one attached hydrogen (secondary N) is 1. The highest BCUT2D eigenvalue weighted by molar-refractivity contribution is 5.79. The standard InChI is InChI=1S/C23H28N4O2/c1-14-6-8-17(9-7-14)27-21-12-23(4,5)11-20(19(21)13-24-27)25-22(28)10-18-15(2)26-29-16(18)3/h6-9,13,20H,10-12H2,1-5H3,(H,25,28)/t20-/m1/s1. The zero-order valence-corrected chi connectivity index (χ0v) is 17.7. The van der Waals surface area contributed by atoms with E-state index in [1.165, 1.54) is 11.3 Å². The van der Waals surface area contributed by atoms with Gasteiger partial charge in [-0.3, -0.25) is 4.79 Å². The fraction of sp³-hybridized carbons (Fsp3) is 0.435. The first-order valence-electron chi connectivity index (χ1n) is 10.1. The topological polar surface area (TPSA) is 73.0 Å². The maximum atomic E-state index is 12.8. The molecule has 152 valence electrons. The molecule has 2 heterocycles. The third-order valence-electron chi connectivity index (χ3n) is 5.81. The highest BCUT2D eigenvalue weighted by Crippen LogP contribution is 2.41. The van der Waals surface area contributed by atoms with E-state index in [1.54, 1.807) is 0 Å². The summed E-state index contributed by atoms with van der Waals surface area (Å²) in [6.45, 7) is 10.3. The molecule has 1 atom stereocenters. The normalized spacial score (nSPS) is 17.8. The van der Waals surface area contributed by atoms with Crippen LogP contribution in [0, 0.1) is 26.2 Å². The summed E-state index contributed by atoms with van der Waals surface area (Å²) < 4.78 is 7.21. The molecule has 0 saturated carbocycles. The maximum Gasteiger partial charge on any atom is 0.225 e. The van der Waals surface area contributed by atoms with Gasteiger partial charge in [0.2, 0.25) is 5.91 Å². The first-order chi connectivity index (χ1) is 13.7. The molecule has 6 heteroatoms. The van der Waals surface area contributed by atoms with Crippen molar-refractivity contribution in [2.75, 3.05) is 0 Å². The molecular weight excluding hydrogens is 364 g/mol. The lowest BCUT2D eigenvalue weighted by Gasteiger charge is -2.36. The summed E-state index contributed by atoms with van der Waals surface area (Å²) in [7, 11) is 0. The molecule has 1 N–H and O–H groups in total. The number of nitrogens with zero attached hydrogens (tertiary/aromatic N) is 3. The Hall–Kier alpha value is -2.89. The van der Waals surface area contributed by atoms with Crippen LogP contribution in [0.5, 0.6) is 0 Å². The van der Waals surface area contributed by atoms with Crippen molar-refractivity contribution in [1.82, 2.24) is 20.3 Å². The van der Waals surface area contributed by atoms with Gasteiger partial charge < -0.3 is 9.84 Å². The Morgan fingerprint density at radius 2 is 1.97 bits per heavy atom. The zero-order valence-electron chi connectivity index (χ0n) is 17.7. The van der Waals surface area contributed by atoms with Crippen LogP contribution in [0.3, 0.4) is 0 Å². The predicted molar refractivity (Wildman–Crippen MR) is 111 cm³/mol. The average molecular weight is 393 g/mol. The number of benzene rings is 1. The van der Waals surface area contributed by atoms with E-state index in [1.807, 2.05) is 24.7 Å². The first-order valence-corrected chi connectivity index (χ1v) is 10.1. The van der Waals surface area contributed by atoms with Crippen molar-refractivity contribution in [2.45, 2.75) is 59.9 Å². The summed E-state index contributed by atoms with van der Waals surface area (Å²) in [6.07, 6.45) is 3.99. The van der Waals surface area contributed by atoms with Crippen molar-refractivity contribution in [3.05, 3.63) is 64.3 Å². The molecule has 1 aliphatic carbocycles. The van der Waals surface area contributed by atoms with Gasteiger partial charge in [-0.1, -0.05) is 36.7 Å². The number of aryl methyl sites for hydroxylation is 3. The van der Waals surface area contributed by atoms with Gasteiger partial charge in [-0.05, 0) is 51.2 Å². The van der Waals surface area contributed by atoms with E-state index in [4.69, 9.17) is 4.52 Å². The molecular formula is C23H28N4O2. The first kappa shape index (κ1) is 19.4. The fourth-order valence-electron chi connectivity index (χ4n) is 4.24. The smallest absolute Gasteiger partial charge is 0.225 e. The SMILES string of the molecule is Cc1ccc(-n2ncc3c2CC(C)(C)C[C@H]3NC(=O)Cc2c(C)noc2C)cc1. The largest absolute Gasteiger partial charge is 0.361 e. The van der Waals surface area contributed by atoms with Crippen LogP contribution in [0.15, 0.2) is 35.0 Å². The lowest BCUT2D eigenvalue weighted by Crippen LogP contribution is -2.37. The minimum Gasteiger partial charge on any atom is -0.361 e. The van der Waals surface area contributed by atoms with Gasteiger partial charge in [-0.25, -0.2) is 4.68 Å². The van der Waals surface area contributed by atoms with Crippen LogP contribution in [0.1, 0.15) is 60.1 Å². The Morgan fingerprint density at radius 1 is 1.24 bits per heavy atom. The van der Waals surface area contributed by atoms with Crippen LogP contribution in [0.25, 0.3) is 5.69 Å². The molecule has 29 heavy (non-hydrogen) atoms. The van der Waals surface area contributed by atoms with Gasteiger partial charge >= 0.3 is 0 Å². The van der Waals surface area contributed by atoms with E-state index >= 15 is 0 Å². The van der Waals surface area contributed by atoms with E-state index in [2.05, 4.69) is 60.6 Å². The molecule has 0 bridgehead atoms. The number of hydrogen-bond donors (Lipinski definition) is 1. The van der Waals surface area contributed by atoms with E-state index in [-0.39, 0.29) is 23.8 Å². The molecule has 0 unspecified atom stereocenters. The molecule has 4 rings (SSSR count). The molecule has 1 aromatic carbocycles. The van der Waals surface area contributed by atoms with Crippen LogP contribution in [0.4, 0.5) is 0 Å². The summed E-state index contributed by atoms with van der Waals surface area (Å²) >= 11 is 0. The van der Waals surface area contributed by atoms with Crippen molar-refractivity contribution in [2.24, 2.45) is 5.41 Å². The summed E-state index contributed by atoms with van der Waals surface area (Å²) in [4.78, 5) is 12.8. The summed E-state index contributed by atoms with van der Waals surface area (Å²) in [5, 5.41) is 11.9. The molecule has 3 aromatic rings. The van der Waals surface area contributed by atoms with Crippen LogP contribution in [0.2, 0.25) is 0 Å². The van der Waals surface area contributed by atoms with Crippen molar-refractivity contribution in [3.8, 4) is 5.69 Å². The molecule has 1 amide bonds. The Bertz CT molecular complexity index is 1020. The number of rotatable bonds is 4. The van der Waals surface area contributed by atoms with Gasteiger partial charge in [0.1, 0.15) is 5.76 Å². The zero-order chi connectivity index (χ0) is 20.8. The second-order valence-electron chi connectivity index (χ2n) is 8.94. The van der Waals surface area contributed by atoms with Gasteiger partial charge in [0.05, 0.1) is 35.7 Å². The Morgan fingerprint density at radius 3 is 2.62 bits per heavy atom. The number of amides is 1. The molecule has 0 spiro atoms. The number of aromatic nitrogens is 3. The second kappa shape index (κ2) is 7.17. The molecule has 0 aliphatic heterocycles. The van der Waals surface area contributed by atoms with Crippen molar-refractivity contribution in [3.63, 3.8) is 0 Å². The maximum absolute atomic E-state index is 12.8. The van der Waals surface area contributed by atoms with Gasteiger partial charge in [0, 0.05) is 11.1 Å². The summed E-state index contributed by atoms with van der Waals surface area (Å²) in [6, 6.07) is 8.33. The highest BCUT2D eigenvalue weighted by atomic mass is 16.5. The third-order valence-corrected chi connectivity index (χ3v) is 5.81. The van der Waals surface area contributed by atoms with Crippen LogP contribution in [-0.2, 0) is 17.6 Å². The van der Waals surface area contributed by atoms with E-state index < -0.39 is 0 Å². The van der Waals surface area contributed by atoms with Gasteiger partial charge in [-0.15, -0.1) is 0 Å². The molecule has 6 nitrogen and oxygen atoms in total. The second-order valence-corrected chi connectivity index (χ2v) is 8.94. The van der Waals surface area contributed by atoms with Crippen LogP contribution in [-0.4, -0.2) is 20.8 Å². The van der Waals surface area contributed by atoms with Crippen LogP contribution < -0.4 is 5.32 Å². The van der Waals surface area contributed by atoms with E-state index in [0.717, 1.165) is 35.3 Å². The van der Waals surface area contributed by atoms with E-state index in [0.29, 0.717) is 5.76 Å². The van der Waals surface area contributed by atoms with Gasteiger partial charge in [-0.2, -0.15) is 5.10 Å². The third kappa shape index (κ3) is 3.84. The lowest BCUT2D eigenvalue weighted by atomic mass is 9.74. The van der Waals surface area contributed by atoms with Crippen molar-refractivity contribution >= 4 is 5.91 Å². The van der Waals surface area contributed by atoms with Crippen molar-refractivity contribution in [1.29, 1.82) is 0 Å². The Kier molecular flexibility index (Phi) is 4.81. The molecule has 0 fully saturated rings. The Balaban J connectivity index is 1.61. The van der Waals surface area contributed by atoms with Crippen molar-refractivity contribution < 1.29 is 9.32 Å². The van der Waals surface area contributed by atoms with Gasteiger partial charge in [0.15, 0.2) is 0 Å². The highest BCUT2D eigenvalue weighted by Gasteiger charge is 2.36. The minimum absolute atomic E-state index is 0.0175. The molecule has 0 saturated heterocycles. The predicted octanol–water partition coefficient (Wildman–Crippen LogP) is 4.16. The quantitative estimate of drug-likeness (QED) is 0.724. The summed E-state index contributed by atoms with van der Waals surface area (Å²) in [5.41, 5.74) is 6.26. The fourth-order valence-corrected chi connectivity index (χ4v) is 4.24. The number of fused-ring (bicyclic) bond motifs is 1. The number of carbonyl (C=O) groups is 1. The van der Waals surface area contributed by atoms with Crippen LogP contribution >= 0.6 is 0 Å². The molecule has 2 aromatic heterocycles. The number of hydrogen-bond acceptors (Lipinski definition) is 4. The summed E-state index contributed by atoms with van der Waals surface area (Å²) in [5.74, 6) is 0.686. The Labute approximate surface area is 171 Å². The minimum atomic E-state index is -0.0547. The van der Waals surface area contributed by atoms with E-state index in [9.17, 15) is 4.79 Å². The molecule has 1 aliphatic rings.